The molecule has 0 aliphatic heterocycles. The molecule has 0 heterocycles. The summed E-state index contributed by atoms with van der Waals surface area (Å²) in [6.07, 6.45) is 4.92. The van der Waals surface area contributed by atoms with Crippen molar-refractivity contribution in [1.29, 1.82) is 0 Å². The molecule has 0 spiro atoms. The zero-order valence-electron chi connectivity index (χ0n) is 15.5. The largest absolute Gasteiger partial charge is 0.480 e. The van der Waals surface area contributed by atoms with Gasteiger partial charge in [-0.1, -0.05) is 26.3 Å². The van der Waals surface area contributed by atoms with Crippen molar-refractivity contribution in [2.45, 2.75) is 62.8 Å². The average molecular weight is 381 g/mol. The molecule has 2 N–H and O–H groups in total. The molecule has 1 fully saturated rings. The highest BCUT2D eigenvalue weighted by Gasteiger charge is 2.43. The third-order valence-corrected chi connectivity index (χ3v) is 6.54. The van der Waals surface area contributed by atoms with E-state index in [0.29, 0.717) is 30.7 Å². The number of benzene rings is 1. The van der Waals surface area contributed by atoms with Crippen LogP contribution in [0.5, 0.6) is 0 Å². The molecule has 144 valence electrons. The minimum Gasteiger partial charge on any atom is -0.480 e. The van der Waals surface area contributed by atoms with Gasteiger partial charge in [-0.2, -0.15) is 0 Å². The molecule has 2 rings (SSSR count). The highest BCUT2D eigenvalue weighted by atomic mass is 32.2. The first-order valence-electron chi connectivity index (χ1n) is 9.02. The van der Waals surface area contributed by atoms with Crippen LogP contribution in [0.3, 0.4) is 0 Å². The van der Waals surface area contributed by atoms with Gasteiger partial charge in [-0.3, -0.25) is 4.79 Å². The maximum absolute atomic E-state index is 12.9. The van der Waals surface area contributed by atoms with E-state index in [4.69, 9.17) is 0 Å². The van der Waals surface area contributed by atoms with Crippen LogP contribution in [0.15, 0.2) is 23.1 Å². The van der Waals surface area contributed by atoms with E-state index in [-0.39, 0.29) is 10.5 Å². The van der Waals surface area contributed by atoms with Crippen LogP contribution in [0.1, 0.15) is 61.9 Å². The Labute approximate surface area is 154 Å². The lowest BCUT2D eigenvalue weighted by Gasteiger charge is -2.37. The second-order valence-corrected chi connectivity index (χ2v) is 9.15. The van der Waals surface area contributed by atoms with Gasteiger partial charge >= 0.3 is 5.97 Å². The third-order valence-electron chi connectivity index (χ3n) is 5.43. The van der Waals surface area contributed by atoms with Crippen molar-refractivity contribution < 1.29 is 23.1 Å². The van der Waals surface area contributed by atoms with Crippen LogP contribution < -0.4 is 5.32 Å². The van der Waals surface area contributed by atoms with Gasteiger partial charge in [-0.15, -0.1) is 0 Å². The summed E-state index contributed by atoms with van der Waals surface area (Å²) < 4.78 is 23.6. The van der Waals surface area contributed by atoms with E-state index in [1.807, 2.05) is 6.92 Å². The van der Waals surface area contributed by atoms with Crippen LogP contribution in [-0.2, 0) is 21.1 Å². The summed E-state index contributed by atoms with van der Waals surface area (Å²) >= 11 is 0. The summed E-state index contributed by atoms with van der Waals surface area (Å²) in [5.41, 5.74) is -0.360. The van der Waals surface area contributed by atoms with Crippen molar-refractivity contribution in [2.75, 3.05) is 6.26 Å². The number of carbonyl (C=O) groups is 2. The summed E-state index contributed by atoms with van der Waals surface area (Å²) in [6, 6.07) is 4.44. The maximum atomic E-state index is 12.9. The van der Waals surface area contributed by atoms with Crippen LogP contribution in [0.25, 0.3) is 0 Å². The van der Waals surface area contributed by atoms with Gasteiger partial charge in [0.2, 0.25) is 0 Å². The zero-order valence-corrected chi connectivity index (χ0v) is 16.4. The van der Waals surface area contributed by atoms with Gasteiger partial charge in [0, 0.05) is 11.8 Å². The molecule has 26 heavy (non-hydrogen) atoms. The molecular weight excluding hydrogens is 354 g/mol. The lowest BCUT2D eigenvalue weighted by atomic mass is 9.75. The number of rotatable bonds is 6. The Morgan fingerprint density at radius 3 is 2.31 bits per heavy atom. The first-order chi connectivity index (χ1) is 12.1. The number of nitrogens with one attached hydrogen (secondary N) is 1. The van der Waals surface area contributed by atoms with Crippen molar-refractivity contribution in [1.82, 2.24) is 5.32 Å². The van der Waals surface area contributed by atoms with Gasteiger partial charge in [-0.05, 0) is 55.7 Å². The van der Waals surface area contributed by atoms with Crippen LogP contribution in [0.2, 0.25) is 0 Å². The minimum absolute atomic E-state index is 0.0546. The van der Waals surface area contributed by atoms with Crippen LogP contribution in [-0.4, -0.2) is 37.2 Å². The molecule has 0 atom stereocenters. The van der Waals surface area contributed by atoms with E-state index in [1.54, 1.807) is 6.07 Å². The summed E-state index contributed by atoms with van der Waals surface area (Å²) in [4.78, 5) is 24.8. The molecule has 1 aromatic carbocycles. The molecule has 0 saturated heterocycles. The number of aryl methyl sites for hydroxylation is 1. The second-order valence-electron chi connectivity index (χ2n) is 7.14. The highest BCUT2D eigenvalue weighted by Crippen LogP contribution is 2.34. The molecule has 1 aliphatic carbocycles. The number of carbonyl (C=O) groups excluding carboxylic acids is 1. The summed E-state index contributed by atoms with van der Waals surface area (Å²) in [5.74, 6) is -1.07. The van der Waals surface area contributed by atoms with Crippen molar-refractivity contribution in [3.8, 4) is 0 Å². The quantitative estimate of drug-likeness (QED) is 0.789. The number of hydrogen-bond donors (Lipinski definition) is 2. The predicted octanol–water partition coefficient (Wildman–Crippen LogP) is 2.81. The Balaban J connectivity index is 2.34. The van der Waals surface area contributed by atoms with Gasteiger partial charge in [-0.25, -0.2) is 13.2 Å². The van der Waals surface area contributed by atoms with E-state index in [2.05, 4.69) is 12.2 Å². The highest BCUT2D eigenvalue weighted by molar-refractivity contribution is 7.90. The first kappa shape index (κ1) is 20.4. The Hall–Kier alpha value is -1.89. The van der Waals surface area contributed by atoms with Crippen molar-refractivity contribution in [3.63, 3.8) is 0 Å². The number of hydrogen-bond acceptors (Lipinski definition) is 4. The fraction of sp³-hybridized carbons (Fsp3) is 0.579. The third kappa shape index (κ3) is 4.26. The molecule has 0 radical (unpaired) electrons. The van der Waals surface area contributed by atoms with E-state index < -0.39 is 27.3 Å². The number of carboxylic acid groups (broad SMARTS) is 1. The smallest absolute Gasteiger partial charge is 0.329 e. The maximum Gasteiger partial charge on any atom is 0.329 e. The molecule has 1 saturated carbocycles. The predicted molar refractivity (Wildman–Crippen MR) is 99.0 cm³/mol. The minimum atomic E-state index is -3.46. The van der Waals surface area contributed by atoms with Gasteiger partial charge in [0.05, 0.1) is 4.90 Å². The SMILES string of the molecule is CCc1ccc(S(C)(=O)=O)cc1C(=O)NC1(C(=O)O)CCC(CC)CC1. The van der Waals surface area contributed by atoms with Crippen molar-refractivity contribution >= 4 is 21.7 Å². The van der Waals surface area contributed by atoms with E-state index >= 15 is 0 Å². The average Bonchev–Trinajstić information content (AvgIpc) is 2.60. The van der Waals surface area contributed by atoms with Crippen molar-refractivity contribution in [3.05, 3.63) is 29.3 Å². The molecule has 1 aliphatic rings. The molecule has 0 unspecified atom stereocenters. The Kier molecular flexibility index (Phi) is 6.11. The fourth-order valence-electron chi connectivity index (χ4n) is 3.56. The second kappa shape index (κ2) is 7.78. The molecule has 7 heteroatoms. The van der Waals surface area contributed by atoms with Crippen LogP contribution in [0, 0.1) is 5.92 Å². The number of aliphatic carboxylic acids is 1. The first-order valence-corrected chi connectivity index (χ1v) is 10.9. The van der Waals surface area contributed by atoms with Gasteiger partial charge in [0.1, 0.15) is 5.54 Å². The molecular formula is C19H27NO5S. The number of carboxylic acids is 1. The summed E-state index contributed by atoms with van der Waals surface area (Å²) in [7, 11) is -3.46. The molecule has 1 amide bonds. The van der Waals surface area contributed by atoms with Crippen LogP contribution in [0.4, 0.5) is 0 Å². The van der Waals surface area contributed by atoms with Gasteiger partial charge < -0.3 is 10.4 Å². The van der Waals surface area contributed by atoms with Crippen LogP contribution >= 0.6 is 0 Å². The van der Waals surface area contributed by atoms with Crippen molar-refractivity contribution in [2.24, 2.45) is 5.92 Å². The van der Waals surface area contributed by atoms with Gasteiger partial charge in [0.25, 0.3) is 5.91 Å². The fourth-order valence-corrected chi connectivity index (χ4v) is 4.21. The Bertz CT molecular complexity index is 792. The molecule has 6 nitrogen and oxygen atoms in total. The zero-order chi connectivity index (χ0) is 19.5. The Morgan fingerprint density at radius 1 is 1.23 bits per heavy atom. The van der Waals surface area contributed by atoms with E-state index in [0.717, 1.165) is 25.5 Å². The van der Waals surface area contributed by atoms with Gasteiger partial charge in [0.15, 0.2) is 9.84 Å². The Morgan fingerprint density at radius 2 is 1.85 bits per heavy atom. The standard InChI is InChI=1S/C19H27NO5S/c1-4-13-8-10-19(11-9-13,18(22)23)20-17(21)16-12-15(26(3,24)25)7-6-14(16)5-2/h6-7,12-13H,4-5,8-11H2,1-3H3,(H,20,21)(H,22,23). The lowest BCUT2D eigenvalue weighted by Crippen LogP contribution is -2.56. The summed E-state index contributed by atoms with van der Waals surface area (Å²) in [6.45, 7) is 3.95. The molecule has 1 aromatic rings. The number of amides is 1. The normalized spacial score (nSPS) is 23.4. The van der Waals surface area contributed by atoms with E-state index in [1.165, 1.54) is 12.1 Å². The monoisotopic (exact) mass is 381 g/mol. The summed E-state index contributed by atoms with van der Waals surface area (Å²) in [5, 5.41) is 12.5. The molecule has 0 aromatic heterocycles. The number of sulfone groups is 1. The van der Waals surface area contributed by atoms with E-state index in [9.17, 15) is 23.1 Å². The lowest BCUT2D eigenvalue weighted by molar-refractivity contribution is -0.146. The topological polar surface area (TPSA) is 101 Å². The molecule has 0 bridgehead atoms.